The van der Waals surface area contributed by atoms with E-state index in [0.29, 0.717) is 18.0 Å². The lowest BCUT2D eigenvalue weighted by atomic mass is 10.3. The largest absolute Gasteiger partial charge is 0.491 e. The standard InChI is InChI=1S/C13H21NO3S/c1-4-5-8-17-13-7-6-11(9-12(13)14)18(15,16)10(2)3/h6-7,9-10H,4-5,8,14H2,1-3H3. The Hall–Kier alpha value is -1.23. The average Bonchev–Trinajstić information content (AvgIpc) is 2.31. The number of nitrogens with two attached hydrogens (primary N) is 1. The van der Waals surface area contributed by atoms with Gasteiger partial charge in [-0.3, -0.25) is 0 Å². The number of unbranched alkanes of at least 4 members (excludes halogenated alkanes) is 1. The van der Waals surface area contributed by atoms with Crippen molar-refractivity contribution in [3.05, 3.63) is 18.2 Å². The number of rotatable bonds is 6. The van der Waals surface area contributed by atoms with Crippen LogP contribution in [0, 0.1) is 0 Å². The molecule has 0 aliphatic carbocycles. The first-order valence-electron chi connectivity index (χ1n) is 6.15. The third kappa shape index (κ3) is 3.38. The van der Waals surface area contributed by atoms with Crippen molar-refractivity contribution in [2.45, 2.75) is 43.8 Å². The minimum absolute atomic E-state index is 0.248. The zero-order valence-corrected chi connectivity index (χ0v) is 12.0. The fourth-order valence-electron chi connectivity index (χ4n) is 1.43. The van der Waals surface area contributed by atoms with Gasteiger partial charge in [-0.05, 0) is 38.5 Å². The molecule has 0 bridgehead atoms. The third-order valence-corrected chi connectivity index (χ3v) is 4.84. The summed E-state index contributed by atoms with van der Waals surface area (Å²) >= 11 is 0. The predicted octanol–water partition coefficient (Wildman–Crippen LogP) is 2.63. The molecule has 0 unspecified atom stereocenters. The maximum absolute atomic E-state index is 12.0. The topological polar surface area (TPSA) is 69.4 Å². The SMILES string of the molecule is CCCCOc1ccc(S(=O)(=O)C(C)C)cc1N. The Morgan fingerprint density at radius 3 is 2.50 bits per heavy atom. The fourth-order valence-corrected chi connectivity index (χ4v) is 2.53. The maximum atomic E-state index is 12.0. The first kappa shape index (κ1) is 14.8. The molecule has 102 valence electrons. The van der Waals surface area contributed by atoms with Gasteiger partial charge in [0, 0.05) is 0 Å². The molecule has 0 amide bonds. The monoisotopic (exact) mass is 271 g/mol. The van der Waals surface area contributed by atoms with Crippen LogP contribution in [0.5, 0.6) is 5.75 Å². The Morgan fingerprint density at radius 1 is 1.33 bits per heavy atom. The van der Waals surface area contributed by atoms with E-state index in [0.717, 1.165) is 12.8 Å². The number of hydrogen-bond acceptors (Lipinski definition) is 4. The van der Waals surface area contributed by atoms with E-state index in [9.17, 15) is 8.42 Å². The van der Waals surface area contributed by atoms with E-state index >= 15 is 0 Å². The summed E-state index contributed by atoms with van der Waals surface area (Å²) in [4.78, 5) is 0.248. The van der Waals surface area contributed by atoms with Gasteiger partial charge in [0.15, 0.2) is 9.84 Å². The molecule has 0 atom stereocenters. The highest BCUT2D eigenvalue weighted by Crippen LogP contribution is 2.26. The van der Waals surface area contributed by atoms with Crippen LogP contribution in [-0.2, 0) is 9.84 Å². The summed E-state index contributed by atoms with van der Waals surface area (Å²) in [7, 11) is -3.28. The molecule has 18 heavy (non-hydrogen) atoms. The van der Waals surface area contributed by atoms with Crippen molar-refractivity contribution in [2.24, 2.45) is 0 Å². The Labute approximate surface area is 109 Å². The van der Waals surface area contributed by atoms with Gasteiger partial charge in [-0.1, -0.05) is 13.3 Å². The van der Waals surface area contributed by atoms with Crippen LogP contribution in [0.2, 0.25) is 0 Å². The summed E-state index contributed by atoms with van der Waals surface area (Å²) in [6.45, 7) is 5.97. The highest BCUT2D eigenvalue weighted by Gasteiger charge is 2.20. The lowest BCUT2D eigenvalue weighted by molar-refractivity contribution is 0.311. The second-order valence-corrected chi connectivity index (χ2v) is 7.00. The Kier molecular flexibility index (Phi) is 5.02. The Morgan fingerprint density at radius 2 is 2.00 bits per heavy atom. The molecule has 0 aromatic heterocycles. The molecule has 0 aliphatic rings. The summed E-state index contributed by atoms with van der Waals surface area (Å²) in [6.07, 6.45) is 1.99. The highest BCUT2D eigenvalue weighted by atomic mass is 32.2. The molecular formula is C13H21NO3S. The van der Waals surface area contributed by atoms with Crippen molar-refractivity contribution in [3.63, 3.8) is 0 Å². The van der Waals surface area contributed by atoms with Gasteiger partial charge in [0.1, 0.15) is 5.75 Å². The van der Waals surface area contributed by atoms with Crippen molar-refractivity contribution in [1.29, 1.82) is 0 Å². The van der Waals surface area contributed by atoms with Gasteiger partial charge in [-0.15, -0.1) is 0 Å². The molecule has 5 heteroatoms. The zero-order chi connectivity index (χ0) is 13.8. The molecule has 0 saturated carbocycles. The van der Waals surface area contributed by atoms with Crippen molar-refractivity contribution >= 4 is 15.5 Å². The van der Waals surface area contributed by atoms with Gasteiger partial charge >= 0.3 is 0 Å². The van der Waals surface area contributed by atoms with Gasteiger partial charge in [0.05, 0.1) is 22.4 Å². The van der Waals surface area contributed by atoms with E-state index in [1.165, 1.54) is 6.07 Å². The van der Waals surface area contributed by atoms with Crippen LogP contribution in [0.15, 0.2) is 23.1 Å². The number of hydrogen-bond donors (Lipinski definition) is 1. The van der Waals surface area contributed by atoms with E-state index in [4.69, 9.17) is 10.5 Å². The predicted molar refractivity (Wildman–Crippen MR) is 73.6 cm³/mol. The molecule has 1 aromatic rings. The third-order valence-electron chi connectivity index (χ3n) is 2.69. The second-order valence-electron chi connectivity index (χ2n) is 4.50. The van der Waals surface area contributed by atoms with E-state index in [2.05, 4.69) is 6.92 Å². The minimum Gasteiger partial charge on any atom is -0.491 e. The molecule has 0 aliphatic heterocycles. The highest BCUT2D eigenvalue weighted by molar-refractivity contribution is 7.92. The molecule has 1 rings (SSSR count). The van der Waals surface area contributed by atoms with Gasteiger partial charge in [0.25, 0.3) is 0 Å². The Bertz CT molecular complexity index is 495. The van der Waals surface area contributed by atoms with Crippen molar-refractivity contribution in [3.8, 4) is 5.75 Å². The van der Waals surface area contributed by atoms with Gasteiger partial charge in [-0.2, -0.15) is 0 Å². The normalized spacial score (nSPS) is 11.8. The first-order valence-corrected chi connectivity index (χ1v) is 7.70. The van der Waals surface area contributed by atoms with Crippen LogP contribution < -0.4 is 10.5 Å². The van der Waals surface area contributed by atoms with Crippen LogP contribution in [-0.4, -0.2) is 20.3 Å². The van der Waals surface area contributed by atoms with Crippen LogP contribution in [0.3, 0.4) is 0 Å². The maximum Gasteiger partial charge on any atom is 0.180 e. The van der Waals surface area contributed by atoms with Gasteiger partial charge in [0.2, 0.25) is 0 Å². The summed E-state index contributed by atoms with van der Waals surface area (Å²) in [5.41, 5.74) is 6.18. The van der Waals surface area contributed by atoms with Crippen molar-refractivity contribution in [2.75, 3.05) is 12.3 Å². The smallest absolute Gasteiger partial charge is 0.180 e. The average molecular weight is 271 g/mol. The van der Waals surface area contributed by atoms with Crippen molar-refractivity contribution < 1.29 is 13.2 Å². The number of sulfone groups is 1. The summed E-state index contributed by atoms with van der Waals surface area (Å²) in [5.74, 6) is 0.547. The number of benzene rings is 1. The fraction of sp³-hybridized carbons (Fsp3) is 0.538. The molecular weight excluding hydrogens is 250 g/mol. The number of nitrogen functional groups attached to an aromatic ring is 1. The van der Waals surface area contributed by atoms with Crippen LogP contribution >= 0.6 is 0 Å². The van der Waals surface area contributed by atoms with Crippen molar-refractivity contribution in [1.82, 2.24) is 0 Å². The second kappa shape index (κ2) is 6.09. The first-order chi connectivity index (χ1) is 8.39. The minimum atomic E-state index is -3.28. The summed E-state index contributed by atoms with van der Waals surface area (Å²) in [5, 5.41) is -0.455. The molecule has 0 fully saturated rings. The zero-order valence-electron chi connectivity index (χ0n) is 11.1. The molecule has 0 saturated heterocycles. The Balaban J connectivity index is 2.93. The quantitative estimate of drug-likeness (QED) is 0.638. The molecule has 2 N–H and O–H groups in total. The lowest BCUT2D eigenvalue weighted by Gasteiger charge is -2.12. The van der Waals surface area contributed by atoms with Crippen LogP contribution in [0.4, 0.5) is 5.69 Å². The molecule has 0 spiro atoms. The van der Waals surface area contributed by atoms with Crippen LogP contribution in [0.1, 0.15) is 33.6 Å². The van der Waals surface area contributed by atoms with Gasteiger partial charge in [-0.25, -0.2) is 8.42 Å². The molecule has 4 nitrogen and oxygen atoms in total. The van der Waals surface area contributed by atoms with Crippen LogP contribution in [0.25, 0.3) is 0 Å². The number of ether oxygens (including phenoxy) is 1. The molecule has 1 aromatic carbocycles. The number of anilines is 1. The van der Waals surface area contributed by atoms with E-state index in [1.807, 2.05) is 0 Å². The molecule has 0 heterocycles. The molecule has 0 radical (unpaired) electrons. The van der Waals surface area contributed by atoms with E-state index < -0.39 is 15.1 Å². The lowest BCUT2D eigenvalue weighted by Crippen LogP contribution is -2.14. The van der Waals surface area contributed by atoms with E-state index in [-0.39, 0.29) is 4.90 Å². The van der Waals surface area contributed by atoms with Gasteiger partial charge < -0.3 is 10.5 Å². The van der Waals surface area contributed by atoms with E-state index in [1.54, 1.807) is 26.0 Å². The summed E-state index contributed by atoms with van der Waals surface area (Å²) in [6, 6.07) is 4.64. The summed E-state index contributed by atoms with van der Waals surface area (Å²) < 4.78 is 29.4.